The largest absolute Gasteiger partial charge is 0.493 e. The Morgan fingerprint density at radius 2 is 1.71 bits per heavy atom. The van der Waals surface area contributed by atoms with Gasteiger partial charge >= 0.3 is 0 Å². The van der Waals surface area contributed by atoms with Gasteiger partial charge in [0.05, 0.1) is 14.2 Å². The highest BCUT2D eigenvalue weighted by Crippen LogP contribution is 2.34. The minimum Gasteiger partial charge on any atom is -0.493 e. The summed E-state index contributed by atoms with van der Waals surface area (Å²) in [4.78, 5) is 11.2. The molecule has 0 atom stereocenters. The van der Waals surface area contributed by atoms with Crippen molar-refractivity contribution in [2.24, 2.45) is 0 Å². The first kappa shape index (κ1) is 18.4. The molecule has 0 unspecified atom stereocenters. The summed E-state index contributed by atoms with van der Waals surface area (Å²) in [5.41, 5.74) is 3.39. The molecule has 3 aromatic rings. The van der Waals surface area contributed by atoms with Gasteiger partial charge in [-0.05, 0) is 60.0 Å². The zero-order valence-corrected chi connectivity index (χ0v) is 16.5. The summed E-state index contributed by atoms with van der Waals surface area (Å²) in [6.45, 7) is 1.63. The lowest BCUT2D eigenvalue weighted by atomic mass is 9.99. The number of methoxy groups -OCH3 is 2. The molecule has 1 N–H and O–H groups in total. The second kappa shape index (κ2) is 7.94. The average molecular weight is 397 g/mol. The Morgan fingerprint density at radius 1 is 1.00 bits per heavy atom. The number of rotatable bonds is 5. The fraction of sp³-hybridized carbons (Fsp3) is 0.238. The number of ether oxygens (including phenoxy) is 2. The van der Waals surface area contributed by atoms with Gasteiger partial charge in [0, 0.05) is 30.0 Å². The van der Waals surface area contributed by atoms with Crippen LogP contribution in [0.15, 0.2) is 48.7 Å². The number of nitrogens with one attached hydrogen (secondary N) is 1. The standard InChI is InChI=1S/C21H21ClN4O2/c1-27-18-11-14-8-10-26(13-15(14)12-19(18)28-2)20-7-9-23-21(25-20)24-17-5-3-16(22)4-6-17/h3-7,9,11-12H,8,10,13H2,1-2H3,(H,23,24,25). The van der Waals surface area contributed by atoms with Crippen LogP contribution in [0.1, 0.15) is 11.1 Å². The molecule has 1 aliphatic rings. The molecule has 0 saturated heterocycles. The fourth-order valence-electron chi connectivity index (χ4n) is 3.33. The highest BCUT2D eigenvalue weighted by Gasteiger charge is 2.20. The zero-order chi connectivity index (χ0) is 19.5. The van der Waals surface area contributed by atoms with Gasteiger partial charge in [-0.3, -0.25) is 0 Å². The highest BCUT2D eigenvalue weighted by molar-refractivity contribution is 6.30. The maximum atomic E-state index is 5.94. The molecule has 0 radical (unpaired) electrons. The lowest BCUT2D eigenvalue weighted by molar-refractivity contribution is 0.353. The molecule has 0 aliphatic carbocycles. The topological polar surface area (TPSA) is 59.5 Å². The molecule has 7 heteroatoms. The Hall–Kier alpha value is -2.99. The molecule has 2 heterocycles. The van der Waals surface area contributed by atoms with E-state index in [1.54, 1.807) is 20.4 Å². The highest BCUT2D eigenvalue weighted by atomic mass is 35.5. The smallest absolute Gasteiger partial charge is 0.229 e. The van der Waals surface area contributed by atoms with Crippen molar-refractivity contribution in [3.05, 3.63) is 64.8 Å². The first-order valence-corrected chi connectivity index (χ1v) is 9.38. The summed E-state index contributed by atoms with van der Waals surface area (Å²) >= 11 is 5.94. The van der Waals surface area contributed by atoms with E-state index >= 15 is 0 Å². The molecule has 0 fully saturated rings. The zero-order valence-electron chi connectivity index (χ0n) is 15.8. The quantitative estimate of drug-likeness (QED) is 0.687. The predicted molar refractivity (Wildman–Crippen MR) is 111 cm³/mol. The van der Waals surface area contributed by atoms with Crippen molar-refractivity contribution < 1.29 is 9.47 Å². The Labute approximate surface area is 169 Å². The van der Waals surface area contributed by atoms with E-state index in [9.17, 15) is 0 Å². The van der Waals surface area contributed by atoms with Gasteiger partial charge in [0.25, 0.3) is 0 Å². The maximum Gasteiger partial charge on any atom is 0.229 e. The van der Waals surface area contributed by atoms with Crippen molar-refractivity contribution in [2.75, 3.05) is 31.0 Å². The van der Waals surface area contributed by atoms with E-state index in [-0.39, 0.29) is 0 Å². The van der Waals surface area contributed by atoms with Gasteiger partial charge in [0.2, 0.25) is 5.95 Å². The van der Waals surface area contributed by atoms with E-state index in [4.69, 9.17) is 21.1 Å². The molecule has 0 saturated carbocycles. The maximum absolute atomic E-state index is 5.94. The average Bonchev–Trinajstić information content (AvgIpc) is 2.74. The number of anilines is 3. The molecule has 1 aromatic heterocycles. The molecule has 2 aromatic carbocycles. The molecule has 0 bridgehead atoms. The monoisotopic (exact) mass is 396 g/mol. The minimum atomic E-state index is 0.554. The second-order valence-electron chi connectivity index (χ2n) is 6.52. The molecular formula is C21H21ClN4O2. The van der Waals surface area contributed by atoms with E-state index in [0.29, 0.717) is 11.0 Å². The van der Waals surface area contributed by atoms with Crippen molar-refractivity contribution in [3.63, 3.8) is 0 Å². The number of fused-ring (bicyclic) bond motifs is 1. The number of halogens is 1. The Morgan fingerprint density at radius 3 is 2.43 bits per heavy atom. The third-order valence-electron chi connectivity index (χ3n) is 4.78. The molecule has 0 spiro atoms. The van der Waals surface area contributed by atoms with Crippen LogP contribution in [0.4, 0.5) is 17.5 Å². The first-order chi connectivity index (χ1) is 13.7. The molecular weight excluding hydrogens is 376 g/mol. The van der Waals surface area contributed by atoms with Crippen LogP contribution >= 0.6 is 11.6 Å². The van der Waals surface area contributed by atoms with Crippen molar-refractivity contribution in [1.82, 2.24) is 9.97 Å². The van der Waals surface area contributed by atoms with Gasteiger partial charge in [0.1, 0.15) is 5.82 Å². The van der Waals surface area contributed by atoms with E-state index in [1.165, 1.54) is 11.1 Å². The van der Waals surface area contributed by atoms with Gasteiger partial charge in [-0.1, -0.05) is 11.6 Å². The SMILES string of the molecule is COc1cc2c(cc1OC)CN(c1ccnc(Nc3ccc(Cl)cc3)n1)CC2. The van der Waals surface area contributed by atoms with Crippen LogP contribution in [0.2, 0.25) is 5.02 Å². The van der Waals surface area contributed by atoms with Crippen molar-refractivity contribution in [1.29, 1.82) is 0 Å². The fourth-order valence-corrected chi connectivity index (χ4v) is 3.45. The lowest BCUT2D eigenvalue weighted by Gasteiger charge is -2.30. The van der Waals surface area contributed by atoms with E-state index in [2.05, 4.69) is 26.3 Å². The van der Waals surface area contributed by atoms with Crippen LogP contribution < -0.4 is 19.7 Å². The molecule has 144 valence electrons. The molecule has 0 amide bonds. The summed E-state index contributed by atoms with van der Waals surface area (Å²) in [6.07, 6.45) is 2.68. The molecule has 6 nitrogen and oxygen atoms in total. The van der Waals surface area contributed by atoms with Crippen LogP contribution in [0.25, 0.3) is 0 Å². The Balaban J connectivity index is 1.55. The molecule has 4 rings (SSSR count). The van der Waals surface area contributed by atoms with E-state index in [0.717, 1.165) is 42.5 Å². The van der Waals surface area contributed by atoms with Gasteiger partial charge in [-0.15, -0.1) is 0 Å². The number of hydrogen-bond acceptors (Lipinski definition) is 6. The minimum absolute atomic E-state index is 0.554. The van der Waals surface area contributed by atoms with Crippen molar-refractivity contribution in [2.45, 2.75) is 13.0 Å². The third kappa shape index (κ3) is 3.82. The second-order valence-corrected chi connectivity index (χ2v) is 6.95. The van der Waals surface area contributed by atoms with Gasteiger partial charge < -0.3 is 19.7 Å². The summed E-state index contributed by atoms with van der Waals surface area (Å²) in [5, 5.41) is 3.91. The summed E-state index contributed by atoms with van der Waals surface area (Å²) in [7, 11) is 3.32. The molecule has 1 aliphatic heterocycles. The Kier molecular flexibility index (Phi) is 5.21. The van der Waals surface area contributed by atoms with Crippen LogP contribution in [0.3, 0.4) is 0 Å². The Bertz CT molecular complexity index is 979. The summed E-state index contributed by atoms with van der Waals surface area (Å²) < 4.78 is 10.9. The number of aromatic nitrogens is 2. The van der Waals surface area contributed by atoms with Crippen LogP contribution in [-0.4, -0.2) is 30.7 Å². The van der Waals surface area contributed by atoms with Crippen LogP contribution in [0, 0.1) is 0 Å². The molecule has 28 heavy (non-hydrogen) atoms. The number of hydrogen-bond donors (Lipinski definition) is 1. The third-order valence-corrected chi connectivity index (χ3v) is 5.04. The van der Waals surface area contributed by atoms with Crippen LogP contribution in [0.5, 0.6) is 11.5 Å². The normalized spacial score (nSPS) is 13.0. The number of nitrogens with zero attached hydrogens (tertiary/aromatic N) is 3. The first-order valence-electron chi connectivity index (χ1n) is 9.00. The summed E-state index contributed by atoms with van der Waals surface area (Å²) in [6, 6.07) is 13.5. The lowest BCUT2D eigenvalue weighted by Crippen LogP contribution is -2.31. The van der Waals surface area contributed by atoms with Crippen molar-refractivity contribution in [3.8, 4) is 11.5 Å². The number of benzene rings is 2. The van der Waals surface area contributed by atoms with Gasteiger partial charge in [-0.25, -0.2) is 4.98 Å². The summed E-state index contributed by atoms with van der Waals surface area (Å²) in [5.74, 6) is 2.95. The van der Waals surface area contributed by atoms with Gasteiger partial charge in [0.15, 0.2) is 11.5 Å². The van der Waals surface area contributed by atoms with E-state index in [1.807, 2.05) is 36.4 Å². The van der Waals surface area contributed by atoms with Gasteiger partial charge in [-0.2, -0.15) is 4.98 Å². The van der Waals surface area contributed by atoms with Crippen LogP contribution in [-0.2, 0) is 13.0 Å². The van der Waals surface area contributed by atoms with E-state index < -0.39 is 0 Å². The predicted octanol–water partition coefficient (Wildman–Crippen LogP) is 4.45. The van der Waals surface area contributed by atoms with Crippen molar-refractivity contribution >= 4 is 29.1 Å².